The van der Waals surface area contributed by atoms with Crippen molar-refractivity contribution < 1.29 is 27.5 Å². The lowest BCUT2D eigenvalue weighted by Crippen LogP contribution is -2.36. The summed E-state index contributed by atoms with van der Waals surface area (Å²) in [6.07, 6.45) is 6.07. The Labute approximate surface area is 204 Å². The second-order valence-corrected chi connectivity index (χ2v) is 10.7. The predicted molar refractivity (Wildman–Crippen MR) is 136 cm³/mol. The van der Waals surface area contributed by atoms with Gasteiger partial charge in [-0.1, -0.05) is 51.3 Å². The van der Waals surface area contributed by atoms with E-state index in [9.17, 15) is 13.2 Å². The summed E-state index contributed by atoms with van der Waals surface area (Å²) in [5, 5.41) is 7.81. The molecule has 0 saturated heterocycles. The van der Waals surface area contributed by atoms with Gasteiger partial charge in [-0.15, -0.1) is 0 Å². The summed E-state index contributed by atoms with van der Waals surface area (Å²) < 4.78 is 35.1. The van der Waals surface area contributed by atoms with Gasteiger partial charge in [0.05, 0.1) is 18.1 Å². The Kier molecular flexibility index (Phi) is 13.1. The third-order valence-electron chi connectivity index (χ3n) is 5.72. The average Bonchev–Trinajstić information content (AvgIpc) is 3.25. The summed E-state index contributed by atoms with van der Waals surface area (Å²) >= 11 is 0. The molecule has 3 atom stereocenters. The minimum Gasteiger partial charge on any atom is -0.480 e. The van der Waals surface area contributed by atoms with Gasteiger partial charge in [-0.25, -0.2) is 13.4 Å². The van der Waals surface area contributed by atoms with Crippen molar-refractivity contribution in [1.82, 2.24) is 4.98 Å². The van der Waals surface area contributed by atoms with Crippen LogP contribution in [0.5, 0.6) is 0 Å². The molecule has 0 amide bonds. The monoisotopic (exact) mass is 495 g/mol. The van der Waals surface area contributed by atoms with Crippen LogP contribution in [-0.4, -0.2) is 48.7 Å². The fourth-order valence-corrected chi connectivity index (χ4v) is 6.05. The molecule has 0 bridgehead atoms. The Morgan fingerprint density at radius 3 is 2.35 bits per heavy atom. The van der Waals surface area contributed by atoms with Crippen LogP contribution in [0.25, 0.3) is 11.5 Å². The fraction of sp³-hybridized carbons (Fsp3) is 0.615. The third kappa shape index (κ3) is 9.58. The van der Waals surface area contributed by atoms with E-state index in [0.29, 0.717) is 18.7 Å². The lowest BCUT2D eigenvalue weighted by Gasteiger charge is -2.28. The number of aryl methyl sites for hydroxylation is 2. The van der Waals surface area contributed by atoms with E-state index < -0.39 is 21.1 Å². The molecule has 1 saturated carbocycles. The minimum atomic E-state index is -3.57. The number of aromatic nitrogens is 1. The molecule has 8 heteroatoms. The van der Waals surface area contributed by atoms with Crippen LogP contribution in [0, 0.1) is 19.8 Å². The van der Waals surface area contributed by atoms with Gasteiger partial charge >= 0.3 is 5.97 Å². The minimum absolute atomic E-state index is 0.0240. The number of nitrogens with zero attached hydrogens (tertiary/aromatic N) is 1. The van der Waals surface area contributed by atoms with Crippen LogP contribution >= 0.6 is 0 Å². The molecule has 0 aliphatic heterocycles. The molecule has 2 aromatic rings. The van der Waals surface area contributed by atoms with E-state index in [0.717, 1.165) is 30.6 Å². The number of hydrogen-bond donors (Lipinski definition) is 1. The highest BCUT2D eigenvalue weighted by molar-refractivity contribution is 7.92. The molecule has 1 aliphatic rings. The van der Waals surface area contributed by atoms with Crippen LogP contribution in [0.1, 0.15) is 70.6 Å². The zero-order valence-corrected chi connectivity index (χ0v) is 22.2. The number of methoxy groups -OCH3 is 1. The van der Waals surface area contributed by atoms with Gasteiger partial charge < -0.3 is 14.3 Å². The highest BCUT2D eigenvalue weighted by Gasteiger charge is 2.35. The second kappa shape index (κ2) is 14.9. The molecule has 1 aliphatic carbocycles. The van der Waals surface area contributed by atoms with Gasteiger partial charge in [0, 0.05) is 12.7 Å². The number of rotatable bonds is 8. The van der Waals surface area contributed by atoms with Crippen LogP contribution < -0.4 is 0 Å². The van der Waals surface area contributed by atoms with Crippen LogP contribution in [0.4, 0.5) is 0 Å². The van der Waals surface area contributed by atoms with Gasteiger partial charge in [-0.05, 0) is 57.6 Å². The molecule has 3 unspecified atom stereocenters. The quantitative estimate of drug-likeness (QED) is 0.490. The van der Waals surface area contributed by atoms with E-state index in [1.807, 2.05) is 32.9 Å². The SMILES string of the molecule is CC.CCCC(C(=O)O)S(=O)(=O)CC1CCCC(OC)C1.Cc1ccc(-c2ncc(C)o2)cc1. The maximum Gasteiger partial charge on any atom is 0.321 e. The molecule has 1 heterocycles. The lowest BCUT2D eigenvalue weighted by atomic mass is 9.88. The summed E-state index contributed by atoms with van der Waals surface area (Å²) in [5.41, 5.74) is 2.27. The number of ether oxygens (including phenoxy) is 1. The second-order valence-electron chi connectivity index (χ2n) is 8.48. The topological polar surface area (TPSA) is 107 Å². The van der Waals surface area contributed by atoms with E-state index in [1.54, 1.807) is 20.2 Å². The zero-order chi connectivity index (χ0) is 25.7. The van der Waals surface area contributed by atoms with Crippen molar-refractivity contribution in [3.63, 3.8) is 0 Å². The van der Waals surface area contributed by atoms with Crippen molar-refractivity contribution in [2.24, 2.45) is 5.92 Å². The van der Waals surface area contributed by atoms with E-state index in [4.69, 9.17) is 14.3 Å². The number of oxazole rings is 1. The molecule has 192 valence electrons. The molecule has 34 heavy (non-hydrogen) atoms. The van der Waals surface area contributed by atoms with E-state index in [1.165, 1.54) is 5.56 Å². The first-order valence-electron chi connectivity index (χ1n) is 12.1. The van der Waals surface area contributed by atoms with Crippen molar-refractivity contribution >= 4 is 15.8 Å². The maximum absolute atomic E-state index is 12.2. The van der Waals surface area contributed by atoms with Gasteiger partial charge in [-0.3, -0.25) is 4.79 Å². The normalized spacial score (nSPS) is 18.6. The number of sulfone groups is 1. The largest absolute Gasteiger partial charge is 0.480 e. The molecule has 1 N–H and O–H groups in total. The number of carboxylic acid groups (broad SMARTS) is 1. The van der Waals surface area contributed by atoms with Crippen LogP contribution in [0.2, 0.25) is 0 Å². The summed E-state index contributed by atoms with van der Waals surface area (Å²) in [7, 11) is -1.93. The Balaban J connectivity index is 0.000000334. The molecule has 0 radical (unpaired) electrons. The highest BCUT2D eigenvalue weighted by Crippen LogP contribution is 2.28. The smallest absolute Gasteiger partial charge is 0.321 e. The Morgan fingerprint density at radius 1 is 1.21 bits per heavy atom. The van der Waals surface area contributed by atoms with Crippen LogP contribution in [0.3, 0.4) is 0 Å². The Bertz CT molecular complexity index is 952. The molecule has 1 fully saturated rings. The van der Waals surface area contributed by atoms with Crippen molar-refractivity contribution in [3.05, 3.63) is 41.8 Å². The molecule has 1 aromatic heterocycles. The first-order valence-corrected chi connectivity index (χ1v) is 13.8. The van der Waals surface area contributed by atoms with Gasteiger partial charge in [0.1, 0.15) is 5.76 Å². The Hall–Kier alpha value is -2.19. The van der Waals surface area contributed by atoms with Crippen molar-refractivity contribution in [3.8, 4) is 11.5 Å². The van der Waals surface area contributed by atoms with E-state index >= 15 is 0 Å². The van der Waals surface area contributed by atoms with E-state index in [-0.39, 0.29) is 24.2 Å². The summed E-state index contributed by atoms with van der Waals surface area (Å²) in [6.45, 7) is 9.75. The maximum atomic E-state index is 12.2. The summed E-state index contributed by atoms with van der Waals surface area (Å²) in [6, 6.07) is 8.13. The lowest BCUT2D eigenvalue weighted by molar-refractivity contribution is -0.136. The molecular weight excluding hydrogens is 454 g/mol. The molecule has 3 rings (SSSR count). The number of carbonyl (C=O) groups is 1. The fourth-order valence-electron chi connectivity index (χ4n) is 3.95. The third-order valence-corrected chi connectivity index (χ3v) is 7.96. The van der Waals surface area contributed by atoms with E-state index in [2.05, 4.69) is 24.0 Å². The molecule has 0 spiro atoms. The van der Waals surface area contributed by atoms with Crippen molar-refractivity contribution in [1.29, 1.82) is 0 Å². The first-order chi connectivity index (χ1) is 16.2. The zero-order valence-electron chi connectivity index (χ0n) is 21.4. The van der Waals surface area contributed by atoms with Gasteiger partial charge in [0.25, 0.3) is 0 Å². The van der Waals surface area contributed by atoms with Crippen LogP contribution in [0.15, 0.2) is 34.9 Å². The number of benzene rings is 1. The highest BCUT2D eigenvalue weighted by atomic mass is 32.2. The average molecular weight is 496 g/mol. The molecule has 1 aromatic carbocycles. The van der Waals surface area contributed by atoms with Gasteiger partial charge in [-0.2, -0.15) is 0 Å². The van der Waals surface area contributed by atoms with Gasteiger partial charge in [0.2, 0.25) is 5.89 Å². The predicted octanol–water partition coefficient (Wildman–Crippen LogP) is 5.84. The van der Waals surface area contributed by atoms with Crippen LogP contribution in [-0.2, 0) is 19.4 Å². The molecular formula is C26H41NO6S. The number of carboxylic acids is 1. The summed E-state index contributed by atoms with van der Waals surface area (Å²) in [5.74, 6) is 0.320. The standard InChI is InChI=1S/C13H24O5S.C11H11NO.C2H6/c1-3-5-12(13(14)15)19(16,17)9-10-6-4-7-11(8-10)18-2;1-8-3-5-10(6-4-8)11-12-7-9(2)13-11;1-2/h10-12H,3-9H2,1-2H3,(H,14,15);3-7H,1-2H3;1-2H3. The number of hydrogen-bond acceptors (Lipinski definition) is 6. The first kappa shape index (κ1) is 29.8. The van der Waals surface area contributed by atoms with Crippen molar-refractivity contribution in [2.45, 2.75) is 84.5 Å². The number of aliphatic carboxylic acids is 1. The van der Waals surface area contributed by atoms with Gasteiger partial charge in [0.15, 0.2) is 15.1 Å². The molecule has 7 nitrogen and oxygen atoms in total. The Morgan fingerprint density at radius 2 is 1.85 bits per heavy atom. The van der Waals surface area contributed by atoms with Crippen molar-refractivity contribution in [2.75, 3.05) is 12.9 Å². The summed E-state index contributed by atoms with van der Waals surface area (Å²) in [4.78, 5) is 15.2.